The zero-order chi connectivity index (χ0) is 26.8. The molecule has 36 heavy (non-hydrogen) atoms. The van der Waals surface area contributed by atoms with Crippen LogP contribution in [-0.2, 0) is 54.2 Å². The van der Waals surface area contributed by atoms with Crippen molar-refractivity contribution in [3.63, 3.8) is 0 Å². The Balaban J connectivity index is 2.33. The molecule has 5 atom stereocenters. The lowest BCUT2D eigenvalue weighted by atomic mass is 9.97. The molecule has 1 amide bonds. The molecule has 0 unspecified atom stereocenters. The van der Waals surface area contributed by atoms with Gasteiger partial charge in [-0.3, -0.25) is 14.4 Å². The zero-order valence-corrected chi connectivity index (χ0v) is 20.5. The lowest BCUT2D eigenvalue weighted by Crippen LogP contribution is -2.64. The Labute approximate surface area is 207 Å². The summed E-state index contributed by atoms with van der Waals surface area (Å²) in [4.78, 5) is 59.3. The third-order valence-corrected chi connectivity index (χ3v) is 4.70. The second-order valence-corrected chi connectivity index (χ2v) is 7.54. The Bertz CT molecular complexity index is 947. The highest BCUT2D eigenvalue weighted by molar-refractivity contribution is 5.77. The first-order valence-corrected chi connectivity index (χ1v) is 11.0. The van der Waals surface area contributed by atoms with E-state index in [0.717, 1.165) is 27.9 Å². The van der Waals surface area contributed by atoms with Gasteiger partial charge in [-0.1, -0.05) is 12.1 Å². The van der Waals surface area contributed by atoms with Crippen LogP contribution >= 0.6 is 0 Å². The van der Waals surface area contributed by atoms with E-state index >= 15 is 0 Å². The molecule has 2 rings (SSSR count). The molecule has 1 aliphatic rings. The first-order chi connectivity index (χ1) is 17.0. The highest BCUT2D eigenvalue weighted by Gasteiger charge is 2.55. The van der Waals surface area contributed by atoms with Crippen molar-refractivity contribution in [2.75, 3.05) is 13.7 Å². The van der Waals surface area contributed by atoms with Crippen molar-refractivity contribution < 1.29 is 57.1 Å². The maximum atomic E-state index is 12.4. The van der Waals surface area contributed by atoms with Crippen LogP contribution in [0.4, 0.5) is 4.79 Å². The summed E-state index contributed by atoms with van der Waals surface area (Å²) in [5.74, 6) is -3.09. The number of amides is 1. The standard InChI is InChI=1S/C23H29NO12/c1-6-24-23(29)31-11-15-7-9-16(10-8-15)35-22-20(34-14(4)27)18(33-13(3)26)17(32-12(2)25)19(36-22)21(28)30-5/h7-10,17-20,22H,6,11H2,1-5H3,(H,24,29)/t17-,18-,19-,20+,22+/m0/s1. The topological polar surface area (TPSA) is 162 Å². The molecule has 1 aromatic rings. The molecular formula is C23H29NO12. The van der Waals surface area contributed by atoms with Crippen LogP contribution in [0.3, 0.4) is 0 Å². The molecule has 1 aromatic carbocycles. The molecule has 1 aliphatic heterocycles. The van der Waals surface area contributed by atoms with Gasteiger partial charge >= 0.3 is 30.0 Å². The number of benzene rings is 1. The Kier molecular flexibility index (Phi) is 10.5. The lowest BCUT2D eigenvalue weighted by molar-refractivity contribution is -0.282. The van der Waals surface area contributed by atoms with Gasteiger partial charge in [0.1, 0.15) is 12.4 Å². The van der Waals surface area contributed by atoms with E-state index < -0.39 is 60.7 Å². The molecule has 1 N–H and O–H groups in total. The Morgan fingerprint density at radius 1 is 0.861 bits per heavy atom. The number of esters is 4. The Hall–Kier alpha value is -3.87. The molecule has 13 nitrogen and oxygen atoms in total. The van der Waals surface area contributed by atoms with Gasteiger partial charge in [0.2, 0.25) is 12.4 Å². The van der Waals surface area contributed by atoms with E-state index in [-0.39, 0.29) is 12.4 Å². The number of alkyl carbamates (subject to hydrolysis) is 1. The van der Waals surface area contributed by atoms with Crippen LogP contribution in [0, 0.1) is 0 Å². The fourth-order valence-corrected chi connectivity index (χ4v) is 3.32. The van der Waals surface area contributed by atoms with Gasteiger partial charge in [0.05, 0.1) is 7.11 Å². The Morgan fingerprint density at radius 3 is 1.94 bits per heavy atom. The van der Waals surface area contributed by atoms with Gasteiger partial charge in [-0.15, -0.1) is 0 Å². The van der Waals surface area contributed by atoms with Crippen molar-refractivity contribution in [3.8, 4) is 5.75 Å². The summed E-state index contributed by atoms with van der Waals surface area (Å²) in [6.07, 6.45) is -7.96. The third kappa shape index (κ3) is 8.12. The van der Waals surface area contributed by atoms with Crippen molar-refractivity contribution in [2.24, 2.45) is 0 Å². The van der Waals surface area contributed by atoms with Crippen molar-refractivity contribution in [1.82, 2.24) is 5.32 Å². The van der Waals surface area contributed by atoms with Gasteiger partial charge in [0, 0.05) is 27.3 Å². The summed E-state index contributed by atoms with van der Waals surface area (Å²) in [7, 11) is 1.09. The van der Waals surface area contributed by atoms with E-state index in [1.165, 1.54) is 12.1 Å². The minimum absolute atomic E-state index is 0.00508. The van der Waals surface area contributed by atoms with Gasteiger partial charge < -0.3 is 38.5 Å². The van der Waals surface area contributed by atoms with Crippen molar-refractivity contribution in [1.29, 1.82) is 0 Å². The number of nitrogens with one attached hydrogen (secondary N) is 1. The van der Waals surface area contributed by atoms with Crippen LogP contribution in [0.5, 0.6) is 5.75 Å². The predicted octanol–water partition coefficient (Wildman–Crippen LogP) is 1.00. The number of rotatable bonds is 9. The van der Waals surface area contributed by atoms with E-state index in [9.17, 15) is 24.0 Å². The zero-order valence-electron chi connectivity index (χ0n) is 20.5. The van der Waals surface area contributed by atoms with Crippen LogP contribution in [0.2, 0.25) is 0 Å². The average Bonchev–Trinajstić information content (AvgIpc) is 2.81. The van der Waals surface area contributed by atoms with E-state index in [4.69, 9.17) is 33.2 Å². The fourth-order valence-electron chi connectivity index (χ4n) is 3.32. The summed E-state index contributed by atoms with van der Waals surface area (Å²) in [6, 6.07) is 6.27. The second kappa shape index (κ2) is 13.3. The van der Waals surface area contributed by atoms with E-state index in [2.05, 4.69) is 5.32 Å². The molecule has 1 fully saturated rings. The lowest BCUT2D eigenvalue weighted by Gasteiger charge is -2.43. The van der Waals surface area contributed by atoms with E-state index in [1.54, 1.807) is 19.1 Å². The number of carbonyl (C=O) groups is 5. The van der Waals surface area contributed by atoms with Crippen molar-refractivity contribution >= 4 is 30.0 Å². The molecule has 13 heteroatoms. The SMILES string of the molecule is CCNC(=O)OCc1ccc(O[C@@H]2O[C@H](C(=O)OC)[C@@H](OC(C)=O)[C@H](OC(C)=O)[C@H]2OC(C)=O)cc1. The third-order valence-electron chi connectivity index (χ3n) is 4.70. The van der Waals surface area contributed by atoms with Crippen molar-refractivity contribution in [2.45, 2.75) is 65.0 Å². The molecule has 198 valence electrons. The van der Waals surface area contributed by atoms with Gasteiger partial charge in [-0.05, 0) is 24.6 Å². The van der Waals surface area contributed by atoms with Crippen molar-refractivity contribution in [3.05, 3.63) is 29.8 Å². The monoisotopic (exact) mass is 511 g/mol. The predicted molar refractivity (Wildman–Crippen MR) is 118 cm³/mol. The first kappa shape index (κ1) is 28.4. The van der Waals surface area contributed by atoms with Gasteiger partial charge in [0.15, 0.2) is 18.3 Å². The molecule has 0 aliphatic carbocycles. The number of carbonyl (C=O) groups excluding carboxylic acids is 5. The maximum Gasteiger partial charge on any atom is 0.407 e. The molecule has 1 heterocycles. The smallest absolute Gasteiger partial charge is 0.407 e. The van der Waals surface area contributed by atoms with Crippen LogP contribution in [0.1, 0.15) is 33.3 Å². The van der Waals surface area contributed by atoms with Crippen LogP contribution < -0.4 is 10.1 Å². The largest absolute Gasteiger partial charge is 0.467 e. The molecule has 0 radical (unpaired) electrons. The molecule has 0 bridgehead atoms. The number of methoxy groups -OCH3 is 1. The minimum atomic E-state index is -1.56. The van der Waals surface area contributed by atoms with Gasteiger partial charge in [-0.2, -0.15) is 0 Å². The maximum absolute atomic E-state index is 12.4. The first-order valence-electron chi connectivity index (χ1n) is 11.0. The number of ether oxygens (including phenoxy) is 7. The molecule has 0 spiro atoms. The summed E-state index contributed by atoms with van der Waals surface area (Å²) >= 11 is 0. The fraction of sp³-hybridized carbons (Fsp3) is 0.522. The van der Waals surface area contributed by atoms with Gasteiger partial charge in [0.25, 0.3) is 0 Å². The summed E-state index contributed by atoms with van der Waals surface area (Å²) in [6.45, 7) is 5.48. The molecule has 0 saturated carbocycles. The average molecular weight is 511 g/mol. The molecular weight excluding hydrogens is 482 g/mol. The van der Waals surface area contributed by atoms with Gasteiger partial charge in [-0.25, -0.2) is 9.59 Å². The number of hydrogen-bond donors (Lipinski definition) is 1. The highest BCUT2D eigenvalue weighted by Crippen LogP contribution is 2.31. The summed E-state index contributed by atoms with van der Waals surface area (Å²) in [5.41, 5.74) is 0.648. The number of hydrogen-bond acceptors (Lipinski definition) is 12. The Morgan fingerprint density at radius 2 is 1.42 bits per heavy atom. The highest BCUT2D eigenvalue weighted by atomic mass is 16.7. The van der Waals surface area contributed by atoms with E-state index in [1.807, 2.05) is 0 Å². The second-order valence-electron chi connectivity index (χ2n) is 7.54. The van der Waals surface area contributed by atoms with E-state index in [0.29, 0.717) is 12.1 Å². The quantitative estimate of drug-likeness (QED) is 0.370. The molecule has 1 saturated heterocycles. The summed E-state index contributed by atoms with van der Waals surface area (Å²) < 4.78 is 37.1. The summed E-state index contributed by atoms with van der Waals surface area (Å²) in [5, 5.41) is 2.50. The minimum Gasteiger partial charge on any atom is -0.467 e. The molecule has 0 aromatic heterocycles. The van der Waals surface area contributed by atoms with Crippen LogP contribution in [0.25, 0.3) is 0 Å². The van der Waals surface area contributed by atoms with Crippen LogP contribution in [-0.4, -0.2) is 74.3 Å². The normalized spacial score (nSPS) is 23.0. The van der Waals surface area contributed by atoms with Crippen LogP contribution in [0.15, 0.2) is 24.3 Å².